The normalized spacial score (nSPS) is 11.4. The molecule has 0 N–H and O–H groups in total. The van der Waals surface area contributed by atoms with E-state index in [4.69, 9.17) is 14.2 Å². The summed E-state index contributed by atoms with van der Waals surface area (Å²) in [7, 11) is 0. The van der Waals surface area contributed by atoms with Gasteiger partial charge in [-0.3, -0.25) is 0 Å². The first kappa shape index (κ1) is 33.5. The van der Waals surface area contributed by atoms with Crippen LogP contribution in [0.25, 0.3) is 0 Å². The van der Waals surface area contributed by atoms with Crippen molar-refractivity contribution >= 4 is 5.97 Å². The third-order valence-electron chi connectivity index (χ3n) is 6.94. The van der Waals surface area contributed by atoms with Crippen LogP contribution in [0, 0.1) is 41.0 Å². The highest BCUT2D eigenvalue weighted by Crippen LogP contribution is 2.30. The third-order valence-corrected chi connectivity index (χ3v) is 6.94. The molecule has 0 fully saturated rings. The highest BCUT2D eigenvalue weighted by molar-refractivity contribution is 5.91. The topological polar surface area (TPSA) is 44.8 Å². The molecule has 0 bridgehead atoms. The fourth-order valence-electron chi connectivity index (χ4n) is 4.03. The summed E-state index contributed by atoms with van der Waals surface area (Å²) in [5.74, 6) is -2.16. The van der Waals surface area contributed by atoms with Gasteiger partial charge in [-0.25, -0.2) is 13.6 Å². The van der Waals surface area contributed by atoms with E-state index in [1.165, 1.54) is 24.3 Å². The van der Waals surface area contributed by atoms with E-state index in [1.807, 2.05) is 0 Å². The second-order valence-corrected chi connectivity index (χ2v) is 10.4. The molecule has 3 aromatic rings. The van der Waals surface area contributed by atoms with Crippen molar-refractivity contribution in [2.45, 2.75) is 72.1 Å². The molecular formula is C35H38F4O4. The van der Waals surface area contributed by atoms with Crippen molar-refractivity contribution < 1.29 is 36.6 Å². The summed E-state index contributed by atoms with van der Waals surface area (Å²) in [5.41, 5.74) is -0.573. The van der Waals surface area contributed by atoms with Crippen LogP contribution in [0.15, 0.2) is 48.5 Å². The van der Waals surface area contributed by atoms with Crippen molar-refractivity contribution in [1.82, 2.24) is 0 Å². The minimum atomic E-state index is -1.63. The number of carbonyl (C=O) groups excluding carboxylic acids is 1. The van der Waals surface area contributed by atoms with Gasteiger partial charge in [0.2, 0.25) is 11.6 Å². The van der Waals surface area contributed by atoms with Gasteiger partial charge in [0, 0.05) is 5.56 Å². The maximum Gasteiger partial charge on any atom is 0.343 e. The molecule has 0 saturated carbocycles. The molecular weight excluding hydrogens is 560 g/mol. The van der Waals surface area contributed by atoms with E-state index in [1.54, 1.807) is 24.3 Å². The van der Waals surface area contributed by atoms with Gasteiger partial charge in [0.25, 0.3) is 0 Å². The minimum Gasteiger partial charge on any atom is -0.493 e. The van der Waals surface area contributed by atoms with Crippen molar-refractivity contribution in [2.75, 3.05) is 13.2 Å². The maximum atomic E-state index is 14.6. The van der Waals surface area contributed by atoms with Gasteiger partial charge in [-0.05, 0) is 60.9 Å². The summed E-state index contributed by atoms with van der Waals surface area (Å²) < 4.78 is 74.4. The van der Waals surface area contributed by atoms with Crippen molar-refractivity contribution in [2.24, 2.45) is 5.92 Å². The van der Waals surface area contributed by atoms with E-state index in [9.17, 15) is 22.4 Å². The Morgan fingerprint density at radius 3 is 1.91 bits per heavy atom. The zero-order valence-electron chi connectivity index (χ0n) is 24.9. The smallest absolute Gasteiger partial charge is 0.343 e. The van der Waals surface area contributed by atoms with E-state index in [2.05, 4.69) is 32.6 Å². The monoisotopic (exact) mass is 598 g/mol. The molecule has 0 aliphatic rings. The summed E-state index contributed by atoms with van der Waals surface area (Å²) in [6.07, 6.45) is 7.74. The van der Waals surface area contributed by atoms with E-state index in [0.29, 0.717) is 30.4 Å². The van der Waals surface area contributed by atoms with Crippen LogP contribution in [0.1, 0.15) is 93.6 Å². The number of hydrogen-bond donors (Lipinski definition) is 0. The molecule has 1 atom stereocenters. The van der Waals surface area contributed by atoms with Crippen LogP contribution in [0.3, 0.4) is 0 Å². The number of unbranched alkanes of at least 4 members (excludes halogenated alkanes) is 6. The number of ether oxygens (including phenoxy) is 3. The van der Waals surface area contributed by atoms with Crippen LogP contribution in [0.4, 0.5) is 17.6 Å². The molecule has 0 radical (unpaired) electrons. The summed E-state index contributed by atoms with van der Waals surface area (Å²) in [6, 6.07) is 12.4. The van der Waals surface area contributed by atoms with Crippen molar-refractivity contribution in [3.05, 3.63) is 88.5 Å². The summed E-state index contributed by atoms with van der Waals surface area (Å²) in [5, 5.41) is 0. The largest absolute Gasteiger partial charge is 0.493 e. The van der Waals surface area contributed by atoms with Crippen LogP contribution in [0.2, 0.25) is 0 Å². The first-order valence-electron chi connectivity index (χ1n) is 14.8. The number of esters is 1. The average molecular weight is 599 g/mol. The number of carbonyl (C=O) groups is 1. The Morgan fingerprint density at radius 1 is 0.721 bits per heavy atom. The van der Waals surface area contributed by atoms with E-state index >= 15 is 0 Å². The Bertz CT molecular complexity index is 1360. The molecule has 3 rings (SSSR count). The van der Waals surface area contributed by atoms with Crippen molar-refractivity contribution in [1.29, 1.82) is 0 Å². The first-order chi connectivity index (χ1) is 20.7. The molecule has 0 aliphatic heterocycles. The van der Waals surface area contributed by atoms with E-state index < -0.39 is 40.6 Å². The van der Waals surface area contributed by atoms with Crippen LogP contribution in [-0.2, 0) is 0 Å². The molecule has 0 saturated heterocycles. The zero-order chi connectivity index (χ0) is 31.2. The Hall–Kier alpha value is -3.99. The quantitative estimate of drug-likeness (QED) is 0.0437. The van der Waals surface area contributed by atoms with Gasteiger partial charge in [-0.1, -0.05) is 77.6 Å². The molecule has 0 spiro atoms. The van der Waals surface area contributed by atoms with Crippen molar-refractivity contribution in [3.63, 3.8) is 0 Å². The first-order valence-corrected chi connectivity index (χ1v) is 14.8. The Morgan fingerprint density at radius 2 is 1.30 bits per heavy atom. The zero-order valence-corrected chi connectivity index (χ0v) is 24.9. The second kappa shape index (κ2) is 17.2. The van der Waals surface area contributed by atoms with Gasteiger partial charge in [-0.2, -0.15) is 8.78 Å². The SMILES string of the molecule is CCCCCCCCCOc1c(F)c(F)c(C#Cc2ccc(C(=O)Oc3ccc(OC[C@@H](C)CC)cc3)cc2)c(F)c1F. The standard InChI is InChI=1S/C35H38F4O4/c1-4-6-7-8-9-10-11-22-41-34-32(38)30(36)29(31(37)33(34)39)21-14-25-12-15-26(16-13-25)35(40)43-28-19-17-27(18-20-28)42-23-24(3)5-2/h12-13,15-20,24H,4-11,22-23H2,1-3H3/t24-/m0/s1. The van der Waals surface area contributed by atoms with Crippen LogP contribution >= 0.6 is 0 Å². The van der Waals surface area contributed by atoms with Gasteiger partial charge < -0.3 is 14.2 Å². The van der Waals surface area contributed by atoms with Crippen LogP contribution < -0.4 is 14.2 Å². The molecule has 43 heavy (non-hydrogen) atoms. The number of halogens is 4. The molecule has 3 aromatic carbocycles. The highest BCUT2D eigenvalue weighted by atomic mass is 19.2. The second-order valence-electron chi connectivity index (χ2n) is 10.4. The Balaban J connectivity index is 1.59. The molecule has 0 unspecified atom stereocenters. The van der Waals surface area contributed by atoms with Gasteiger partial charge in [0.1, 0.15) is 17.1 Å². The summed E-state index contributed by atoms with van der Waals surface area (Å²) in [6.45, 7) is 6.83. The van der Waals surface area contributed by atoms with Gasteiger partial charge in [0.15, 0.2) is 17.4 Å². The average Bonchev–Trinajstić information content (AvgIpc) is 3.02. The van der Waals surface area contributed by atoms with Crippen LogP contribution in [0.5, 0.6) is 17.2 Å². The lowest BCUT2D eigenvalue weighted by Crippen LogP contribution is -2.09. The lowest BCUT2D eigenvalue weighted by Gasteiger charge is -2.11. The van der Waals surface area contributed by atoms with Gasteiger partial charge in [-0.15, -0.1) is 0 Å². The molecule has 8 heteroatoms. The maximum absolute atomic E-state index is 14.6. The predicted octanol–water partition coefficient (Wildman–Crippen LogP) is 9.42. The van der Waals surface area contributed by atoms with Gasteiger partial charge in [0.05, 0.1) is 18.8 Å². The van der Waals surface area contributed by atoms with Gasteiger partial charge >= 0.3 is 5.97 Å². The van der Waals surface area contributed by atoms with E-state index in [-0.39, 0.29) is 17.7 Å². The molecule has 230 valence electrons. The highest BCUT2D eigenvalue weighted by Gasteiger charge is 2.26. The predicted molar refractivity (Wildman–Crippen MR) is 159 cm³/mol. The lowest BCUT2D eigenvalue weighted by molar-refractivity contribution is 0.0734. The van der Waals surface area contributed by atoms with Crippen molar-refractivity contribution in [3.8, 4) is 29.1 Å². The summed E-state index contributed by atoms with van der Waals surface area (Å²) in [4.78, 5) is 12.5. The molecule has 0 aliphatic carbocycles. The van der Waals surface area contributed by atoms with Crippen LogP contribution in [-0.4, -0.2) is 19.2 Å². The molecule has 0 aromatic heterocycles. The molecule has 0 amide bonds. The number of rotatable bonds is 15. The lowest BCUT2D eigenvalue weighted by atomic mass is 10.1. The Labute approximate surface area is 251 Å². The fraction of sp³-hybridized carbons (Fsp3) is 0.400. The fourth-order valence-corrected chi connectivity index (χ4v) is 4.03. The minimum absolute atomic E-state index is 0.0571. The number of hydrogen-bond acceptors (Lipinski definition) is 4. The third kappa shape index (κ3) is 10.1. The van der Waals surface area contributed by atoms with E-state index in [0.717, 1.165) is 44.9 Å². The number of benzene rings is 3. The summed E-state index contributed by atoms with van der Waals surface area (Å²) >= 11 is 0. The Kier molecular flexibility index (Phi) is 13.4. The molecule has 0 heterocycles. The molecule has 4 nitrogen and oxygen atoms in total.